The lowest BCUT2D eigenvalue weighted by Gasteiger charge is -2.42. The Morgan fingerprint density at radius 3 is 2.58 bits per heavy atom. The van der Waals surface area contributed by atoms with Gasteiger partial charge in [0.15, 0.2) is 11.5 Å². The molecule has 2 heterocycles. The molecule has 4 nitrogen and oxygen atoms in total. The van der Waals surface area contributed by atoms with Gasteiger partial charge in [-0.1, -0.05) is 6.07 Å². The number of rotatable bonds is 4. The van der Waals surface area contributed by atoms with Crippen molar-refractivity contribution in [2.24, 2.45) is 5.73 Å². The van der Waals surface area contributed by atoms with Crippen LogP contribution in [0.5, 0.6) is 11.5 Å². The van der Waals surface area contributed by atoms with Crippen LogP contribution in [-0.4, -0.2) is 33.0 Å². The molecule has 2 aliphatic rings. The van der Waals surface area contributed by atoms with Gasteiger partial charge in [-0.3, -0.25) is 0 Å². The van der Waals surface area contributed by atoms with Crippen LogP contribution >= 0.6 is 0 Å². The number of benzene rings is 1. The summed E-state index contributed by atoms with van der Waals surface area (Å²) in [5.74, 6) is 1.73. The molecule has 2 N–H and O–H groups in total. The van der Waals surface area contributed by atoms with Gasteiger partial charge in [-0.25, -0.2) is 0 Å². The van der Waals surface area contributed by atoms with Crippen molar-refractivity contribution in [2.75, 3.05) is 33.0 Å². The van der Waals surface area contributed by atoms with E-state index in [4.69, 9.17) is 19.9 Å². The zero-order chi connectivity index (χ0) is 13.1. The van der Waals surface area contributed by atoms with E-state index in [1.807, 2.05) is 6.07 Å². The molecule has 104 valence electrons. The highest BCUT2D eigenvalue weighted by Gasteiger charge is 2.40. The van der Waals surface area contributed by atoms with Gasteiger partial charge in [0.25, 0.3) is 0 Å². The maximum atomic E-state index is 5.77. The summed E-state index contributed by atoms with van der Waals surface area (Å²) < 4.78 is 16.9. The Bertz CT molecular complexity index is 443. The summed E-state index contributed by atoms with van der Waals surface area (Å²) in [7, 11) is 0. The Kier molecular flexibility index (Phi) is 3.62. The highest BCUT2D eigenvalue weighted by atomic mass is 16.5. The molecule has 19 heavy (non-hydrogen) atoms. The van der Waals surface area contributed by atoms with Crippen LogP contribution in [0.1, 0.15) is 24.8 Å². The molecule has 4 heteroatoms. The second kappa shape index (κ2) is 5.39. The lowest BCUT2D eigenvalue weighted by molar-refractivity contribution is -0.0649. The van der Waals surface area contributed by atoms with Gasteiger partial charge < -0.3 is 19.9 Å². The topological polar surface area (TPSA) is 53.7 Å². The van der Waals surface area contributed by atoms with E-state index in [1.165, 1.54) is 5.56 Å². The second-order valence-electron chi connectivity index (χ2n) is 5.38. The predicted molar refractivity (Wildman–Crippen MR) is 72.8 cm³/mol. The molecule has 1 aromatic carbocycles. The Morgan fingerprint density at radius 1 is 1.11 bits per heavy atom. The molecule has 2 aliphatic heterocycles. The molecule has 1 fully saturated rings. The Morgan fingerprint density at radius 2 is 1.89 bits per heavy atom. The second-order valence-corrected chi connectivity index (χ2v) is 5.38. The molecule has 1 aromatic rings. The lowest BCUT2D eigenvalue weighted by Crippen LogP contribution is -2.47. The van der Waals surface area contributed by atoms with Gasteiger partial charge in [0.2, 0.25) is 0 Å². The highest BCUT2D eigenvalue weighted by Crippen LogP contribution is 2.41. The van der Waals surface area contributed by atoms with Crippen LogP contribution < -0.4 is 15.2 Å². The summed E-state index contributed by atoms with van der Waals surface area (Å²) in [5, 5.41) is 0. The van der Waals surface area contributed by atoms with Gasteiger partial charge in [-0.2, -0.15) is 0 Å². The van der Waals surface area contributed by atoms with Crippen LogP contribution in [-0.2, 0) is 10.2 Å². The summed E-state index contributed by atoms with van der Waals surface area (Å²) in [4.78, 5) is 0. The molecule has 0 atom stereocenters. The Labute approximate surface area is 113 Å². The molecule has 0 bridgehead atoms. The number of fused-ring (bicyclic) bond motifs is 1. The Balaban J connectivity index is 1.85. The SMILES string of the molecule is NCCCC1(c2ccc3c(c2)OCCCO3)COC1. The minimum Gasteiger partial charge on any atom is -0.490 e. The first-order valence-corrected chi connectivity index (χ1v) is 7.02. The van der Waals surface area contributed by atoms with Crippen molar-refractivity contribution in [2.45, 2.75) is 24.7 Å². The maximum Gasteiger partial charge on any atom is 0.161 e. The van der Waals surface area contributed by atoms with Crippen molar-refractivity contribution in [1.29, 1.82) is 0 Å². The van der Waals surface area contributed by atoms with Gasteiger partial charge in [0.1, 0.15) is 0 Å². The molecule has 0 unspecified atom stereocenters. The first-order chi connectivity index (χ1) is 9.34. The number of nitrogens with two attached hydrogens (primary N) is 1. The Hall–Kier alpha value is -1.26. The molecule has 3 rings (SSSR count). The van der Waals surface area contributed by atoms with E-state index in [-0.39, 0.29) is 5.41 Å². The van der Waals surface area contributed by atoms with Crippen molar-refractivity contribution in [3.05, 3.63) is 23.8 Å². The first kappa shape index (κ1) is 12.8. The summed E-state index contributed by atoms with van der Waals surface area (Å²) in [5.41, 5.74) is 7.06. The van der Waals surface area contributed by atoms with E-state index in [0.717, 1.165) is 63.7 Å². The van der Waals surface area contributed by atoms with E-state index in [9.17, 15) is 0 Å². The number of ether oxygens (including phenoxy) is 3. The van der Waals surface area contributed by atoms with Crippen molar-refractivity contribution >= 4 is 0 Å². The van der Waals surface area contributed by atoms with E-state index >= 15 is 0 Å². The van der Waals surface area contributed by atoms with Gasteiger partial charge in [-0.15, -0.1) is 0 Å². The van der Waals surface area contributed by atoms with E-state index in [2.05, 4.69) is 12.1 Å². The van der Waals surface area contributed by atoms with Crippen LogP contribution in [0.4, 0.5) is 0 Å². The number of hydrogen-bond donors (Lipinski definition) is 1. The zero-order valence-corrected chi connectivity index (χ0v) is 11.2. The van der Waals surface area contributed by atoms with Crippen LogP contribution in [0.15, 0.2) is 18.2 Å². The molecule has 0 radical (unpaired) electrons. The summed E-state index contributed by atoms with van der Waals surface area (Å²) >= 11 is 0. The predicted octanol–water partition coefficient (Wildman–Crippen LogP) is 1.85. The largest absolute Gasteiger partial charge is 0.490 e. The fourth-order valence-corrected chi connectivity index (χ4v) is 2.74. The number of hydrogen-bond acceptors (Lipinski definition) is 4. The average Bonchev–Trinajstić information content (AvgIpc) is 2.62. The van der Waals surface area contributed by atoms with E-state index < -0.39 is 0 Å². The molecular formula is C15H21NO3. The summed E-state index contributed by atoms with van der Waals surface area (Å²) in [6.07, 6.45) is 3.03. The molecule has 1 saturated heterocycles. The maximum absolute atomic E-state index is 5.77. The smallest absolute Gasteiger partial charge is 0.161 e. The van der Waals surface area contributed by atoms with Crippen molar-refractivity contribution in [3.63, 3.8) is 0 Å². The van der Waals surface area contributed by atoms with Crippen molar-refractivity contribution in [3.8, 4) is 11.5 Å². The zero-order valence-electron chi connectivity index (χ0n) is 11.2. The van der Waals surface area contributed by atoms with Gasteiger partial charge in [0, 0.05) is 11.8 Å². The minimum absolute atomic E-state index is 0.129. The van der Waals surface area contributed by atoms with Gasteiger partial charge in [0.05, 0.1) is 26.4 Å². The van der Waals surface area contributed by atoms with Gasteiger partial charge >= 0.3 is 0 Å². The molecule has 0 aromatic heterocycles. The van der Waals surface area contributed by atoms with Crippen LogP contribution in [0.25, 0.3) is 0 Å². The quantitative estimate of drug-likeness (QED) is 0.901. The van der Waals surface area contributed by atoms with Gasteiger partial charge in [-0.05, 0) is 37.1 Å². The molecule has 0 saturated carbocycles. The average molecular weight is 263 g/mol. The monoisotopic (exact) mass is 263 g/mol. The fourth-order valence-electron chi connectivity index (χ4n) is 2.74. The summed E-state index contributed by atoms with van der Waals surface area (Å²) in [6.45, 7) is 3.75. The highest BCUT2D eigenvalue weighted by molar-refractivity contribution is 5.46. The molecule has 0 aliphatic carbocycles. The third kappa shape index (κ3) is 2.42. The first-order valence-electron chi connectivity index (χ1n) is 7.02. The molecular weight excluding hydrogens is 242 g/mol. The third-order valence-corrected chi connectivity index (χ3v) is 3.98. The normalized spacial score (nSPS) is 20.5. The molecule has 0 amide bonds. The summed E-state index contributed by atoms with van der Waals surface area (Å²) in [6, 6.07) is 6.30. The van der Waals surface area contributed by atoms with Crippen LogP contribution in [0.3, 0.4) is 0 Å². The van der Waals surface area contributed by atoms with E-state index in [0.29, 0.717) is 0 Å². The van der Waals surface area contributed by atoms with Crippen LogP contribution in [0.2, 0.25) is 0 Å². The minimum atomic E-state index is 0.129. The van der Waals surface area contributed by atoms with Crippen molar-refractivity contribution in [1.82, 2.24) is 0 Å². The lowest BCUT2D eigenvalue weighted by atomic mass is 9.75. The molecule has 0 spiro atoms. The fraction of sp³-hybridized carbons (Fsp3) is 0.600. The third-order valence-electron chi connectivity index (χ3n) is 3.98. The van der Waals surface area contributed by atoms with Crippen molar-refractivity contribution < 1.29 is 14.2 Å². The van der Waals surface area contributed by atoms with Crippen LogP contribution in [0, 0.1) is 0 Å². The van der Waals surface area contributed by atoms with E-state index in [1.54, 1.807) is 0 Å². The standard InChI is InChI=1S/C15H21NO3/c16-6-1-5-15(10-17-11-15)12-3-4-13-14(9-12)19-8-2-7-18-13/h3-4,9H,1-2,5-8,10-11,16H2.